The number of unbranched alkanes of at least 4 members (excludes halogenated alkanes) is 43. The number of carboxylic acid groups (broad SMARTS) is 1. The number of hydrogen-bond donors (Lipinski definition) is 1. The van der Waals surface area contributed by atoms with Crippen LogP contribution in [-0.2, 0) is 33.3 Å². The fraction of sp³-hybridized carbons (Fsp3) is 0.776. The van der Waals surface area contributed by atoms with E-state index in [1.807, 2.05) is 21.1 Å². The third kappa shape index (κ3) is 75.6. The second-order valence-electron chi connectivity index (χ2n) is 28.0. The predicted molar refractivity (Wildman–Crippen MR) is 405 cm³/mol. The van der Waals surface area contributed by atoms with E-state index in [9.17, 15) is 19.5 Å². The molecule has 0 aliphatic heterocycles. The van der Waals surface area contributed by atoms with Gasteiger partial charge in [-0.05, 0) is 77.0 Å². The van der Waals surface area contributed by atoms with E-state index in [2.05, 4.69) is 111 Å². The van der Waals surface area contributed by atoms with Crippen LogP contribution in [0.25, 0.3) is 0 Å². The molecule has 0 radical (unpaired) electrons. The van der Waals surface area contributed by atoms with Crippen LogP contribution in [0, 0.1) is 0 Å². The Morgan fingerprint density at radius 1 is 0.330 bits per heavy atom. The number of ether oxygens (including phenoxy) is 4. The molecule has 0 saturated heterocycles. The first-order valence-electron chi connectivity index (χ1n) is 39.9. The van der Waals surface area contributed by atoms with E-state index in [1.165, 1.54) is 250 Å². The molecule has 0 aromatic rings. The number of carbonyl (C=O) groups is 3. The summed E-state index contributed by atoms with van der Waals surface area (Å²) >= 11 is 0. The van der Waals surface area contributed by atoms with Crippen molar-refractivity contribution < 1.29 is 42.9 Å². The number of carbonyl (C=O) groups excluding carboxylic acids is 2. The van der Waals surface area contributed by atoms with Crippen LogP contribution in [0.15, 0.2) is 97.2 Å². The smallest absolute Gasteiger partial charge is 0.361 e. The summed E-state index contributed by atoms with van der Waals surface area (Å²) in [5.74, 6) is -1.99. The third-order valence-electron chi connectivity index (χ3n) is 17.6. The lowest BCUT2D eigenvalue weighted by Gasteiger charge is -2.25. The van der Waals surface area contributed by atoms with Crippen LogP contribution >= 0.6 is 0 Å². The summed E-state index contributed by atoms with van der Waals surface area (Å²) in [7, 11) is 5.99. The Hall–Kier alpha value is -3.79. The van der Waals surface area contributed by atoms with Crippen LogP contribution in [-0.4, -0.2) is 87.4 Å². The van der Waals surface area contributed by atoms with Crippen molar-refractivity contribution in [3.63, 3.8) is 0 Å². The predicted octanol–water partition coefficient (Wildman–Crippen LogP) is 25.5. The molecular weight excluding hydrogens is 1160 g/mol. The lowest BCUT2D eigenvalue weighted by molar-refractivity contribution is -0.870. The number of quaternary nitrogens is 1. The van der Waals surface area contributed by atoms with Gasteiger partial charge in [-0.3, -0.25) is 9.59 Å². The molecule has 544 valence electrons. The molecule has 0 amide bonds. The Morgan fingerprint density at radius 2 is 0.606 bits per heavy atom. The van der Waals surface area contributed by atoms with Crippen LogP contribution < -0.4 is 0 Å². The number of nitrogens with zero attached hydrogens (tertiary/aromatic N) is 1. The van der Waals surface area contributed by atoms with Crippen molar-refractivity contribution >= 4 is 17.9 Å². The lowest BCUT2D eigenvalue weighted by atomic mass is 10.0. The van der Waals surface area contributed by atoms with Crippen molar-refractivity contribution in [3.05, 3.63) is 97.2 Å². The molecule has 9 heteroatoms. The summed E-state index contributed by atoms with van der Waals surface area (Å²) in [6.45, 7) is 4.82. The van der Waals surface area contributed by atoms with E-state index in [0.717, 1.165) is 89.9 Å². The normalized spacial score (nSPS) is 13.2. The van der Waals surface area contributed by atoms with Crippen molar-refractivity contribution in [2.75, 3.05) is 47.5 Å². The van der Waals surface area contributed by atoms with Gasteiger partial charge in [-0.25, -0.2) is 4.79 Å². The van der Waals surface area contributed by atoms with Gasteiger partial charge in [-0.1, -0.05) is 374 Å². The number of esters is 2. The zero-order chi connectivity index (χ0) is 68.2. The van der Waals surface area contributed by atoms with Gasteiger partial charge in [0.15, 0.2) is 6.10 Å². The molecule has 0 aliphatic rings. The van der Waals surface area contributed by atoms with Crippen molar-refractivity contribution in [2.45, 2.75) is 379 Å². The monoisotopic (exact) mass is 1320 g/mol. The maximum Gasteiger partial charge on any atom is 0.361 e. The van der Waals surface area contributed by atoms with Gasteiger partial charge in [0.1, 0.15) is 13.2 Å². The van der Waals surface area contributed by atoms with Gasteiger partial charge < -0.3 is 28.5 Å². The second-order valence-corrected chi connectivity index (χ2v) is 28.0. The highest BCUT2D eigenvalue weighted by atomic mass is 16.7. The zero-order valence-corrected chi connectivity index (χ0v) is 62.4. The van der Waals surface area contributed by atoms with Crippen molar-refractivity contribution in [1.29, 1.82) is 0 Å². The Balaban J connectivity index is 4.03. The summed E-state index contributed by atoms with van der Waals surface area (Å²) in [5, 5.41) is 9.77. The maximum atomic E-state index is 13.0. The van der Waals surface area contributed by atoms with Crippen LogP contribution in [0.2, 0.25) is 0 Å². The Bertz CT molecular complexity index is 1870. The molecule has 0 heterocycles. The maximum absolute atomic E-state index is 13.0. The number of hydrogen-bond acceptors (Lipinski definition) is 7. The fourth-order valence-electron chi connectivity index (χ4n) is 11.6. The summed E-state index contributed by atoms with van der Waals surface area (Å²) in [5.41, 5.74) is 0. The number of allylic oxidation sites excluding steroid dienone is 16. The second kappa shape index (κ2) is 75.0. The van der Waals surface area contributed by atoms with Gasteiger partial charge in [0.25, 0.3) is 6.29 Å². The highest BCUT2D eigenvalue weighted by Gasteiger charge is 2.25. The fourth-order valence-corrected chi connectivity index (χ4v) is 11.6. The number of aliphatic carboxylic acids is 1. The number of likely N-dealkylation sites (N-methyl/N-ethyl adjacent to an activating group) is 1. The van der Waals surface area contributed by atoms with Gasteiger partial charge in [0, 0.05) is 12.8 Å². The first-order valence-corrected chi connectivity index (χ1v) is 39.9. The Morgan fingerprint density at radius 3 is 0.904 bits per heavy atom. The van der Waals surface area contributed by atoms with Crippen molar-refractivity contribution in [1.82, 2.24) is 0 Å². The molecule has 0 aliphatic carbocycles. The van der Waals surface area contributed by atoms with Gasteiger partial charge in [-0.15, -0.1) is 0 Å². The lowest BCUT2D eigenvalue weighted by Crippen LogP contribution is -2.40. The van der Waals surface area contributed by atoms with Crippen molar-refractivity contribution in [2.24, 2.45) is 0 Å². The van der Waals surface area contributed by atoms with Gasteiger partial charge in [0.2, 0.25) is 0 Å². The minimum Gasteiger partial charge on any atom is -0.477 e. The van der Waals surface area contributed by atoms with Crippen LogP contribution in [0.3, 0.4) is 0 Å². The summed E-state index contributed by atoms with van der Waals surface area (Å²) in [6, 6.07) is 0. The minimum atomic E-state index is -1.51. The average molecular weight is 1320 g/mol. The largest absolute Gasteiger partial charge is 0.477 e. The Kier molecular flexibility index (Phi) is 72.0. The molecule has 0 saturated carbocycles. The summed E-state index contributed by atoms with van der Waals surface area (Å²) in [6.07, 6.45) is 101. The van der Waals surface area contributed by atoms with E-state index in [-0.39, 0.29) is 32.2 Å². The van der Waals surface area contributed by atoms with Gasteiger partial charge in [-0.2, -0.15) is 0 Å². The first kappa shape index (κ1) is 90.2. The van der Waals surface area contributed by atoms with E-state index >= 15 is 0 Å². The molecule has 0 fully saturated rings. The van der Waals surface area contributed by atoms with E-state index in [0.29, 0.717) is 17.4 Å². The summed E-state index contributed by atoms with van der Waals surface area (Å²) < 4.78 is 23.1. The van der Waals surface area contributed by atoms with Gasteiger partial charge in [0.05, 0.1) is 34.4 Å². The average Bonchev–Trinajstić information content (AvgIpc) is 3.76. The molecule has 0 bridgehead atoms. The van der Waals surface area contributed by atoms with E-state index < -0.39 is 24.3 Å². The highest BCUT2D eigenvalue weighted by molar-refractivity contribution is 5.71. The summed E-state index contributed by atoms with van der Waals surface area (Å²) in [4.78, 5) is 37.7. The van der Waals surface area contributed by atoms with Crippen molar-refractivity contribution in [3.8, 4) is 0 Å². The molecule has 2 unspecified atom stereocenters. The topological polar surface area (TPSA) is 108 Å². The molecule has 1 N–H and O–H groups in total. The quantitative estimate of drug-likeness (QED) is 0.0211. The van der Waals surface area contributed by atoms with Crippen LogP contribution in [0.5, 0.6) is 0 Å². The first-order chi connectivity index (χ1) is 46.1. The third-order valence-corrected chi connectivity index (χ3v) is 17.6. The SMILES string of the molecule is CC/C=C\C/C=C\C/C=C\C/C=C\C/C=C\C/C=C\C/C=C\C/C=C\CCCCCCCCCCCCCCCCC(=O)OC(COC(=O)CCCCCCCCCCCCCCCCCCCCCCCCCCCCCCCC)COC(OCC[N+](C)(C)C)C(=O)O. The Labute approximate surface area is 582 Å². The van der Waals surface area contributed by atoms with Gasteiger partial charge >= 0.3 is 17.9 Å². The number of carboxylic acids is 1. The van der Waals surface area contributed by atoms with E-state index in [4.69, 9.17) is 18.9 Å². The molecule has 0 spiro atoms. The molecule has 0 aromatic heterocycles. The standard InChI is InChI=1S/C85H151NO8/c1-6-8-10-12-14-16-18-20-22-24-26-28-30-32-34-36-38-39-40-41-42-43-44-45-46-48-50-52-54-56-58-60-62-64-66-68-70-72-74-76-83(88)94-81(80-93-85(84(89)90)91-78-77-86(3,4)5)79-92-82(87)75-73-71-69-67-65-63-61-59-57-55-53-51-49-47-37-35-33-31-29-27-25-23-21-19-17-15-13-11-9-7-2/h8,10,14,16,20,22,26,28,32,34,38-39,41-42,44-45,81,85H,6-7,9,11-13,15,17-19,21,23-25,27,29-31,33,35-37,40,43,46-80H2,1-5H3/p+1/b10-8-,16-14-,22-20-,28-26-,34-32-,39-38-,42-41-,45-44-. The molecule has 2 atom stereocenters. The van der Waals surface area contributed by atoms with Crippen LogP contribution in [0.1, 0.15) is 367 Å². The minimum absolute atomic E-state index is 0.181. The molecular formula is C85H152NO8+. The van der Waals surface area contributed by atoms with Crippen LogP contribution in [0.4, 0.5) is 0 Å². The molecule has 9 nitrogen and oxygen atoms in total. The van der Waals surface area contributed by atoms with E-state index in [1.54, 1.807) is 0 Å². The molecule has 0 aromatic carbocycles. The highest BCUT2D eigenvalue weighted by Crippen LogP contribution is 2.19. The number of rotatable bonds is 74. The zero-order valence-electron chi connectivity index (χ0n) is 62.4. The molecule has 0 rings (SSSR count). The molecule has 94 heavy (non-hydrogen) atoms.